The number of aromatic nitrogens is 3. The molecule has 16 heavy (non-hydrogen) atoms. The van der Waals surface area contributed by atoms with E-state index in [0.29, 0.717) is 0 Å². The fourth-order valence-corrected chi connectivity index (χ4v) is 1.42. The summed E-state index contributed by atoms with van der Waals surface area (Å²) in [5.41, 5.74) is -0.378. The second-order valence-electron chi connectivity index (χ2n) is 3.10. The third-order valence-electron chi connectivity index (χ3n) is 1.94. The Kier molecular flexibility index (Phi) is 2.57. The highest BCUT2D eigenvalue weighted by Gasteiger charge is 2.09. The number of carbonyl (C=O) groups is 1. The molecule has 0 aliphatic carbocycles. The molecule has 2 rings (SSSR count). The molecule has 2 aromatic heterocycles. The van der Waals surface area contributed by atoms with Crippen LogP contribution in [0.5, 0.6) is 0 Å². The number of hydrogen-bond donors (Lipinski definition) is 1. The third kappa shape index (κ3) is 1.87. The van der Waals surface area contributed by atoms with Gasteiger partial charge in [-0.15, -0.1) is 0 Å². The molecule has 0 spiro atoms. The van der Waals surface area contributed by atoms with E-state index >= 15 is 0 Å². The number of hydrogen-bond acceptors (Lipinski definition) is 4. The van der Waals surface area contributed by atoms with Crippen molar-refractivity contribution in [3.63, 3.8) is 0 Å². The molecular weight excluding hydrogens is 234 g/mol. The Morgan fingerprint density at radius 3 is 2.81 bits per heavy atom. The fraction of sp³-hybridized carbons (Fsp3) is 0.111. The second-order valence-corrected chi connectivity index (χ2v) is 3.54. The van der Waals surface area contributed by atoms with E-state index in [1.165, 1.54) is 18.6 Å². The molecule has 7 heteroatoms. The first kappa shape index (κ1) is 10.6. The number of aliphatic carboxylic acids is 1. The number of rotatable bonds is 2. The van der Waals surface area contributed by atoms with Gasteiger partial charge in [-0.3, -0.25) is 14.0 Å². The average Bonchev–Trinajstić information content (AvgIpc) is 2.22. The maximum atomic E-state index is 11.8. The van der Waals surface area contributed by atoms with Crippen molar-refractivity contribution in [1.82, 2.24) is 14.4 Å². The van der Waals surface area contributed by atoms with Gasteiger partial charge in [0.2, 0.25) is 5.78 Å². The van der Waals surface area contributed by atoms with Crippen molar-refractivity contribution < 1.29 is 9.90 Å². The Balaban J connectivity index is 2.68. The summed E-state index contributed by atoms with van der Waals surface area (Å²) in [6, 6.07) is 0. The highest BCUT2D eigenvalue weighted by atomic mass is 35.5. The van der Waals surface area contributed by atoms with Crippen molar-refractivity contribution in [2.75, 3.05) is 0 Å². The molecule has 2 heterocycles. The van der Waals surface area contributed by atoms with Crippen molar-refractivity contribution in [1.29, 1.82) is 0 Å². The van der Waals surface area contributed by atoms with Gasteiger partial charge in [0.25, 0.3) is 5.56 Å². The Hall–Kier alpha value is -1.95. The largest absolute Gasteiger partial charge is 0.481 e. The first-order chi connectivity index (χ1) is 7.58. The molecule has 0 amide bonds. The lowest BCUT2D eigenvalue weighted by atomic mass is 10.2. The minimum absolute atomic E-state index is 0.0917. The van der Waals surface area contributed by atoms with Gasteiger partial charge in [-0.25, -0.2) is 9.97 Å². The standard InChI is InChI=1S/C9H6ClN3O3/c10-6-3-12-9-11-2-5(1-7(14)15)8(16)13(9)4-6/h2-4H,1H2,(H,14,15). The van der Waals surface area contributed by atoms with E-state index in [1.807, 2.05) is 0 Å². The van der Waals surface area contributed by atoms with Gasteiger partial charge in [-0.05, 0) is 0 Å². The SMILES string of the molecule is O=C(O)Cc1cnc2ncc(Cl)cn2c1=O. The molecule has 0 fully saturated rings. The molecule has 0 aliphatic heterocycles. The van der Waals surface area contributed by atoms with E-state index < -0.39 is 11.5 Å². The van der Waals surface area contributed by atoms with Crippen LogP contribution in [0.1, 0.15) is 5.56 Å². The molecule has 82 valence electrons. The van der Waals surface area contributed by atoms with Crippen LogP contribution in [0.15, 0.2) is 23.4 Å². The van der Waals surface area contributed by atoms with Crippen molar-refractivity contribution in [2.24, 2.45) is 0 Å². The molecule has 0 radical (unpaired) electrons. The Morgan fingerprint density at radius 2 is 2.12 bits per heavy atom. The van der Waals surface area contributed by atoms with Gasteiger partial charge in [0.1, 0.15) is 0 Å². The second kappa shape index (κ2) is 3.90. The van der Waals surface area contributed by atoms with Gasteiger partial charge in [0, 0.05) is 18.0 Å². The van der Waals surface area contributed by atoms with Gasteiger partial charge in [-0.2, -0.15) is 0 Å². The molecular formula is C9H6ClN3O3. The zero-order chi connectivity index (χ0) is 11.7. The average molecular weight is 240 g/mol. The van der Waals surface area contributed by atoms with Crippen molar-refractivity contribution in [3.05, 3.63) is 39.5 Å². The molecule has 6 nitrogen and oxygen atoms in total. The third-order valence-corrected chi connectivity index (χ3v) is 2.14. The maximum absolute atomic E-state index is 11.8. The predicted molar refractivity (Wildman–Crippen MR) is 55.6 cm³/mol. The molecule has 0 unspecified atom stereocenters. The first-order valence-corrected chi connectivity index (χ1v) is 4.69. The topological polar surface area (TPSA) is 84.6 Å². The number of fused-ring (bicyclic) bond motifs is 1. The van der Waals surface area contributed by atoms with Crippen LogP contribution in [-0.4, -0.2) is 25.4 Å². The summed E-state index contributed by atoms with van der Waals surface area (Å²) < 4.78 is 1.13. The Morgan fingerprint density at radius 1 is 1.44 bits per heavy atom. The van der Waals surface area contributed by atoms with Gasteiger partial charge < -0.3 is 5.11 Å². The lowest BCUT2D eigenvalue weighted by molar-refractivity contribution is -0.136. The van der Waals surface area contributed by atoms with Crippen LogP contribution >= 0.6 is 11.6 Å². The number of halogens is 1. The lowest BCUT2D eigenvalue weighted by Crippen LogP contribution is -2.22. The van der Waals surface area contributed by atoms with Gasteiger partial charge in [-0.1, -0.05) is 11.6 Å². The predicted octanol–water partition coefficient (Wildman–Crippen LogP) is 0.370. The Bertz CT molecular complexity index is 623. The van der Waals surface area contributed by atoms with Crippen LogP contribution in [0.2, 0.25) is 5.02 Å². The van der Waals surface area contributed by atoms with Crippen LogP contribution < -0.4 is 5.56 Å². The number of nitrogens with zero attached hydrogens (tertiary/aromatic N) is 3. The molecule has 0 aromatic carbocycles. The van der Waals surface area contributed by atoms with Gasteiger partial charge in [0.05, 0.1) is 17.6 Å². The van der Waals surface area contributed by atoms with Crippen LogP contribution in [0, 0.1) is 0 Å². The summed E-state index contributed by atoms with van der Waals surface area (Å²) in [7, 11) is 0. The normalized spacial score (nSPS) is 10.6. The molecule has 0 saturated carbocycles. The fourth-order valence-electron chi connectivity index (χ4n) is 1.27. The van der Waals surface area contributed by atoms with Gasteiger partial charge in [0.15, 0.2) is 0 Å². The first-order valence-electron chi connectivity index (χ1n) is 4.31. The molecule has 2 aromatic rings. The van der Waals surface area contributed by atoms with Crippen LogP contribution in [0.4, 0.5) is 0 Å². The van der Waals surface area contributed by atoms with E-state index in [2.05, 4.69) is 9.97 Å². The quantitative estimate of drug-likeness (QED) is 0.818. The van der Waals surface area contributed by atoms with E-state index in [4.69, 9.17) is 16.7 Å². The van der Waals surface area contributed by atoms with Crippen LogP contribution in [-0.2, 0) is 11.2 Å². The highest BCUT2D eigenvalue weighted by Crippen LogP contribution is 2.05. The zero-order valence-corrected chi connectivity index (χ0v) is 8.68. The van der Waals surface area contributed by atoms with Crippen molar-refractivity contribution in [2.45, 2.75) is 6.42 Å². The van der Waals surface area contributed by atoms with E-state index in [9.17, 15) is 9.59 Å². The smallest absolute Gasteiger partial charge is 0.308 e. The summed E-state index contributed by atoms with van der Waals surface area (Å²) >= 11 is 5.68. The molecule has 0 atom stereocenters. The number of carboxylic acid groups (broad SMARTS) is 1. The minimum Gasteiger partial charge on any atom is -0.481 e. The summed E-state index contributed by atoms with van der Waals surface area (Å²) in [6.45, 7) is 0. The molecule has 0 aliphatic rings. The molecule has 1 N–H and O–H groups in total. The van der Waals surface area contributed by atoms with Gasteiger partial charge >= 0.3 is 5.97 Å². The number of carboxylic acids is 1. The Labute approximate surface area is 94.1 Å². The minimum atomic E-state index is -1.09. The van der Waals surface area contributed by atoms with Crippen molar-refractivity contribution >= 4 is 23.3 Å². The van der Waals surface area contributed by atoms with Crippen molar-refractivity contribution in [3.8, 4) is 0 Å². The summed E-state index contributed by atoms with van der Waals surface area (Å²) in [5.74, 6) is -0.905. The summed E-state index contributed by atoms with van der Waals surface area (Å²) in [6.07, 6.45) is 3.55. The van der Waals surface area contributed by atoms with Crippen LogP contribution in [0.3, 0.4) is 0 Å². The summed E-state index contributed by atoms with van der Waals surface area (Å²) in [5, 5.41) is 8.88. The van der Waals surface area contributed by atoms with E-state index in [-0.39, 0.29) is 22.8 Å². The highest BCUT2D eigenvalue weighted by molar-refractivity contribution is 6.30. The molecule has 0 bridgehead atoms. The summed E-state index contributed by atoms with van der Waals surface area (Å²) in [4.78, 5) is 30.0. The monoisotopic (exact) mass is 239 g/mol. The van der Waals surface area contributed by atoms with Crippen LogP contribution in [0.25, 0.3) is 5.78 Å². The van der Waals surface area contributed by atoms with E-state index in [1.54, 1.807) is 0 Å². The zero-order valence-electron chi connectivity index (χ0n) is 7.92. The van der Waals surface area contributed by atoms with E-state index in [0.717, 1.165) is 4.40 Å². The lowest BCUT2D eigenvalue weighted by Gasteiger charge is -2.01. The maximum Gasteiger partial charge on any atom is 0.308 e. The molecule has 0 saturated heterocycles.